The van der Waals surface area contributed by atoms with E-state index in [1.807, 2.05) is 67.0 Å². The van der Waals surface area contributed by atoms with Crippen molar-refractivity contribution < 1.29 is 24.5 Å². The Kier molecular flexibility index (Phi) is 9.54. The molecule has 0 saturated carbocycles. The van der Waals surface area contributed by atoms with Gasteiger partial charge in [-0.2, -0.15) is 0 Å². The van der Waals surface area contributed by atoms with E-state index < -0.39 is 0 Å². The summed E-state index contributed by atoms with van der Waals surface area (Å²) in [6, 6.07) is 45.6. The zero-order chi connectivity index (χ0) is 29.8. The third kappa shape index (κ3) is 6.57. The van der Waals surface area contributed by atoms with Gasteiger partial charge in [-0.3, -0.25) is 0 Å². The largest absolute Gasteiger partial charge is 0.500 e. The molecule has 3 aromatic heterocycles. The van der Waals surface area contributed by atoms with Gasteiger partial charge in [-0.05, 0) is 40.6 Å². The number of aromatic nitrogens is 2. The molecule has 0 aliphatic heterocycles. The maximum Gasteiger partial charge on any atom is 0.120 e. The summed E-state index contributed by atoms with van der Waals surface area (Å²) in [5.41, 5.74) is 9.48. The van der Waals surface area contributed by atoms with E-state index in [2.05, 4.69) is 110 Å². The first-order valence-electron chi connectivity index (χ1n) is 14.7. The summed E-state index contributed by atoms with van der Waals surface area (Å²) in [5, 5.41) is 2.24. The molecule has 3 nitrogen and oxygen atoms in total. The van der Waals surface area contributed by atoms with E-state index >= 15 is 0 Å². The molecule has 3 heterocycles. The van der Waals surface area contributed by atoms with E-state index in [-0.39, 0.29) is 25.5 Å². The van der Waals surface area contributed by atoms with Crippen LogP contribution >= 0.6 is 0 Å². The Morgan fingerprint density at radius 2 is 1.43 bits per heavy atom. The first kappa shape index (κ1) is 31.1. The second kappa shape index (κ2) is 13.5. The zero-order valence-electron chi connectivity index (χ0n) is 25.3. The SMILES string of the molecule is CC(C)(c1ccccc1)c1ccc(-c2[c-]cccc2)nc1.CC(C)c1ccnc(-c2[c-]cc3oc4ccccc4c3c2)c1.[Ir]. The van der Waals surface area contributed by atoms with Crippen LogP contribution in [-0.2, 0) is 25.5 Å². The van der Waals surface area contributed by atoms with Gasteiger partial charge < -0.3 is 14.4 Å². The average Bonchev–Trinajstić information content (AvgIpc) is 3.44. The van der Waals surface area contributed by atoms with Crippen LogP contribution in [0.15, 0.2) is 132 Å². The van der Waals surface area contributed by atoms with Crippen LogP contribution in [0.1, 0.15) is 50.3 Å². The predicted molar refractivity (Wildman–Crippen MR) is 177 cm³/mol. The Balaban J connectivity index is 0.000000171. The molecule has 0 amide bonds. The van der Waals surface area contributed by atoms with E-state index in [0.717, 1.165) is 44.5 Å². The summed E-state index contributed by atoms with van der Waals surface area (Å²) < 4.78 is 5.85. The smallest absolute Gasteiger partial charge is 0.120 e. The van der Waals surface area contributed by atoms with Crippen LogP contribution in [0.3, 0.4) is 0 Å². The fourth-order valence-corrected chi connectivity index (χ4v) is 5.27. The molecule has 0 fully saturated rings. The van der Waals surface area contributed by atoms with Crippen LogP contribution in [0.25, 0.3) is 44.5 Å². The van der Waals surface area contributed by atoms with E-state index in [0.29, 0.717) is 5.92 Å². The van der Waals surface area contributed by atoms with Gasteiger partial charge >= 0.3 is 0 Å². The molecule has 0 saturated heterocycles. The van der Waals surface area contributed by atoms with Crippen LogP contribution < -0.4 is 0 Å². The standard InChI is InChI=1S/C20H16NO.C20H18N.Ir/c1-13(2)14-9-10-21-18(12-14)15-7-8-20-17(11-15)16-5-3-4-6-19(16)22-20;1-20(2,17-11-7-4-8-12-17)18-13-14-19(21-15-18)16-9-5-3-6-10-16;/h3-6,8-13H,1-2H3;3-9,11-15H,1-2H3;/q2*-1;. The molecule has 0 bridgehead atoms. The Labute approximate surface area is 273 Å². The van der Waals surface area contributed by atoms with Gasteiger partial charge in [0.1, 0.15) is 5.58 Å². The number of pyridine rings is 2. The average molecular weight is 751 g/mol. The fraction of sp³-hybridized carbons (Fsp3) is 0.150. The van der Waals surface area contributed by atoms with Crippen molar-refractivity contribution in [1.29, 1.82) is 0 Å². The molecule has 4 heteroatoms. The van der Waals surface area contributed by atoms with Gasteiger partial charge in [0.15, 0.2) is 0 Å². The number of hydrogen-bond donors (Lipinski definition) is 0. The van der Waals surface area contributed by atoms with E-state index in [1.54, 1.807) is 0 Å². The van der Waals surface area contributed by atoms with Crippen LogP contribution in [0.4, 0.5) is 0 Å². The molecule has 0 aliphatic carbocycles. The van der Waals surface area contributed by atoms with E-state index in [9.17, 15) is 0 Å². The molecule has 0 spiro atoms. The second-order valence-electron chi connectivity index (χ2n) is 11.6. The fourth-order valence-electron chi connectivity index (χ4n) is 5.27. The van der Waals surface area contributed by atoms with Crippen molar-refractivity contribution in [1.82, 2.24) is 9.97 Å². The van der Waals surface area contributed by atoms with E-state index in [4.69, 9.17) is 4.42 Å². The molecule has 0 aliphatic rings. The summed E-state index contributed by atoms with van der Waals surface area (Å²) in [5.74, 6) is 0.486. The molecular formula is C40H34IrN2O-2. The molecule has 0 unspecified atom stereocenters. The number of hydrogen-bond acceptors (Lipinski definition) is 3. The van der Waals surface area contributed by atoms with Crippen LogP contribution in [0.5, 0.6) is 0 Å². The van der Waals surface area contributed by atoms with Crippen molar-refractivity contribution in [2.75, 3.05) is 0 Å². The number of para-hydroxylation sites is 1. The normalized spacial score (nSPS) is 11.2. The summed E-state index contributed by atoms with van der Waals surface area (Å²) in [6.45, 7) is 8.84. The molecule has 0 N–H and O–H groups in total. The van der Waals surface area contributed by atoms with Crippen molar-refractivity contribution in [2.45, 2.75) is 39.0 Å². The van der Waals surface area contributed by atoms with Crippen molar-refractivity contribution in [3.8, 4) is 22.5 Å². The summed E-state index contributed by atoms with van der Waals surface area (Å²) in [6.07, 6.45) is 3.85. The first-order chi connectivity index (χ1) is 20.9. The Morgan fingerprint density at radius 3 is 2.16 bits per heavy atom. The van der Waals surface area contributed by atoms with Gasteiger partial charge in [-0.15, -0.1) is 59.7 Å². The topological polar surface area (TPSA) is 38.9 Å². The first-order valence-corrected chi connectivity index (χ1v) is 14.7. The van der Waals surface area contributed by atoms with Gasteiger partial charge in [0.25, 0.3) is 0 Å². The zero-order valence-corrected chi connectivity index (χ0v) is 27.7. The molecular weight excluding hydrogens is 717 g/mol. The van der Waals surface area contributed by atoms with Crippen LogP contribution in [0.2, 0.25) is 0 Å². The van der Waals surface area contributed by atoms with Crippen LogP contribution in [-0.4, -0.2) is 9.97 Å². The summed E-state index contributed by atoms with van der Waals surface area (Å²) >= 11 is 0. The Morgan fingerprint density at radius 1 is 0.659 bits per heavy atom. The molecule has 0 atom stereocenters. The molecule has 1 radical (unpaired) electrons. The van der Waals surface area contributed by atoms with Crippen molar-refractivity contribution in [3.05, 3.63) is 156 Å². The maximum absolute atomic E-state index is 5.85. The number of furan rings is 1. The molecule has 7 rings (SSSR count). The van der Waals surface area contributed by atoms with Gasteiger partial charge in [0, 0.05) is 43.3 Å². The quantitative estimate of drug-likeness (QED) is 0.165. The number of rotatable bonds is 5. The summed E-state index contributed by atoms with van der Waals surface area (Å²) in [7, 11) is 0. The number of nitrogens with zero attached hydrogens (tertiary/aromatic N) is 2. The van der Waals surface area contributed by atoms with Crippen molar-refractivity contribution in [3.63, 3.8) is 0 Å². The molecule has 221 valence electrons. The maximum atomic E-state index is 5.85. The third-order valence-corrected chi connectivity index (χ3v) is 8.00. The Hall–Kier alpha value is -4.37. The van der Waals surface area contributed by atoms with Crippen molar-refractivity contribution >= 4 is 21.9 Å². The second-order valence-corrected chi connectivity index (χ2v) is 11.6. The minimum atomic E-state index is -0.0484. The minimum absolute atomic E-state index is 0. The van der Waals surface area contributed by atoms with Gasteiger partial charge in [0.05, 0.1) is 5.58 Å². The van der Waals surface area contributed by atoms with Crippen molar-refractivity contribution in [2.24, 2.45) is 0 Å². The third-order valence-electron chi connectivity index (χ3n) is 8.00. The van der Waals surface area contributed by atoms with Gasteiger partial charge in [0.2, 0.25) is 0 Å². The molecule has 44 heavy (non-hydrogen) atoms. The van der Waals surface area contributed by atoms with E-state index in [1.165, 1.54) is 16.7 Å². The summed E-state index contributed by atoms with van der Waals surface area (Å²) in [4.78, 5) is 9.11. The van der Waals surface area contributed by atoms with Gasteiger partial charge in [-0.25, -0.2) is 0 Å². The molecule has 4 aromatic carbocycles. The number of fused-ring (bicyclic) bond motifs is 3. The van der Waals surface area contributed by atoms with Crippen LogP contribution in [0, 0.1) is 12.1 Å². The number of benzene rings is 4. The minimum Gasteiger partial charge on any atom is -0.500 e. The monoisotopic (exact) mass is 751 g/mol. The molecule has 7 aromatic rings. The van der Waals surface area contributed by atoms with Gasteiger partial charge in [-0.1, -0.05) is 105 Å². The predicted octanol–water partition coefficient (Wildman–Crippen LogP) is 10.4. The Bertz CT molecular complexity index is 1960.